The van der Waals surface area contributed by atoms with Crippen LogP contribution >= 0.6 is 0 Å². The van der Waals surface area contributed by atoms with Crippen molar-refractivity contribution in [3.63, 3.8) is 0 Å². The maximum absolute atomic E-state index is 3.72. The van der Waals surface area contributed by atoms with Crippen molar-refractivity contribution in [1.82, 2.24) is 5.32 Å². The van der Waals surface area contributed by atoms with Crippen molar-refractivity contribution in [2.45, 2.75) is 51.5 Å². The topological polar surface area (TPSA) is 12.0 Å². The second-order valence-electron chi connectivity index (χ2n) is 6.13. The van der Waals surface area contributed by atoms with Crippen LogP contribution in [0.5, 0.6) is 0 Å². The first-order valence-corrected chi connectivity index (χ1v) is 8.07. The molecule has 1 saturated carbocycles. The molecule has 1 heteroatoms. The average molecular weight is 267 g/mol. The summed E-state index contributed by atoms with van der Waals surface area (Å²) in [6.07, 6.45) is 4.90. The van der Waals surface area contributed by atoms with E-state index < -0.39 is 0 Å². The summed E-state index contributed by atoms with van der Waals surface area (Å²) in [4.78, 5) is 0. The van der Waals surface area contributed by atoms with E-state index in [2.05, 4.69) is 48.3 Å². The molecule has 1 nitrogen and oxygen atoms in total. The molecule has 0 spiro atoms. The van der Waals surface area contributed by atoms with Crippen molar-refractivity contribution in [3.8, 4) is 11.8 Å². The van der Waals surface area contributed by atoms with E-state index in [0.717, 1.165) is 30.7 Å². The van der Waals surface area contributed by atoms with Crippen LogP contribution in [0.4, 0.5) is 0 Å². The van der Waals surface area contributed by atoms with Crippen LogP contribution in [0.15, 0.2) is 24.3 Å². The van der Waals surface area contributed by atoms with Crippen LogP contribution in [0.25, 0.3) is 0 Å². The van der Waals surface area contributed by atoms with Gasteiger partial charge in [0.15, 0.2) is 0 Å². The molecule has 1 aromatic rings. The molecule has 0 aliphatic heterocycles. The van der Waals surface area contributed by atoms with Crippen LogP contribution in [0.2, 0.25) is 0 Å². The summed E-state index contributed by atoms with van der Waals surface area (Å²) in [7, 11) is 0. The number of rotatable bonds is 5. The maximum atomic E-state index is 3.72. The standard InChI is InChI=1S/C19H25N/c1-3-5-6-11-17(20-4-2)19-16-13-12-14-9-7-8-10-15(14)18(16)19/h7-10,16-20H,4,6,11-13H2,1-2H3. The second kappa shape index (κ2) is 6.02. The summed E-state index contributed by atoms with van der Waals surface area (Å²) in [6, 6.07) is 9.74. The summed E-state index contributed by atoms with van der Waals surface area (Å²) >= 11 is 0. The molecular formula is C19H25N. The number of benzene rings is 1. The second-order valence-corrected chi connectivity index (χ2v) is 6.13. The van der Waals surface area contributed by atoms with Gasteiger partial charge in [0.1, 0.15) is 0 Å². The lowest BCUT2D eigenvalue weighted by atomic mass is 9.92. The lowest BCUT2D eigenvalue weighted by Gasteiger charge is -2.17. The van der Waals surface area contributed by atoms with Crippen LogP contribution < -0.4 is 5.32 Å². The fourth-order valence-corrected chi connectivity index (χ4v) is 4.21. The molecule has 20 heavy (non-hydrogen) atoms. The molecular weight excluding hydrogens is 242 g/mol. The van der Waals surface area contributed by atoms with Gasteiger partial charge in [-0.2, -0.15) is 0 Å². The van der Waals surface area contributed by atoms with Crippen LogP contribution in [0.1, 0.15) is 50.2 Å². The summed E-state index contributed by atoms with van der Waals surface area (Å²) < 4.78 is 0. The molecule has 0 saturated heterocycles. The summed E-state index contributed by atoms with van der Waals surface area (Å²) in [6.45, 7) is 5.23. The summed E-state index contributed by atoms with van der Waals surface area (Å²) in [5.41, 5.74) is 3.23. The average Bonchev–Trinajstić information content (AvgIpc) is 3.21. The lowest BCUT2D eigenvalue weighted by Crippen LogP contribution is -2.31. The third kappa shape index (κ3) is 2.50. The summed E-state index contributed by atoms with van der Waals surface area (Å²) in [5, 5.41) is 3.72. The zero-order chi connectivity index (χ0) is 13.9. The molecule has 0 aromatic heterocycles. The normalized spacial score (nSPS) is 27.8. The first-order chi connectivity index (χ1) is 9.86. The Morgan fingerprint density at radius 1 is 1.35 bits per heavy atom. The SMILES string of the molecule is CC#CCCC(NCC)C1C2CCc3ccccc3C21. The highest BCUT2D eigenvalue weighted by atomic mass is 14.9. The highest BCUT2D eigenvalue weighted by Gasteiger charge is 2.55. The Hall–Kier alpha value is -1.26. The fraction of sp³-hybridized carbons (Fsp3) is 0.579. The third-order valence-electron chi connectivity index (χ3n) is 5.08. The van der Waals surface area contributed by atoms with Crippen LogP contribution in [0.3, 0.4) is 0 Å². The van der Waals surface area contributed by atoms with Gasteiger partial charge < -0.3 is 5.32 Å². The Bertz CT molecular complexity index is 522. The Kier molecular flexibility index (Phi) is 4.13. The van der Waals surface area contributed by atoms with E-state index >= 15 is 0 Å². The minimum Gasteiger partial charge on any atom is -0.314 e. The number of nitrogens with one attached hydrogen (secondary N) is 1. The molecule has 4 atom stereocenters. The van der Waals surface area contributed by atoms with Crippen molar-refractivity contribution in [1.29, 1.82) is 0 Å². The monoisotopic (exact) mass is 267 g/mol. The van der Waals surface area contributed by atoms with Crippen molar-refractivity contribution in [2.75, 3.05) is 6.54 Å². The largest absolute Gasteiger partial charge is 0.314 e. The van der Waals surface area contributed by atoms with Gasteiger partial charge in [-0.05, 0) is 61.6 Å². The molecule has 2 aliphatic carbocycles. The smallest absolute Gasteiger partial charge is 0.0113 e. The minimum atomic E-state index is 0.655. The van der Waals surface area contributed by atoms with Crippen molar-refractivity contribution >= 4 is 0 Å². The first kappa shape index (κ1) is 13.7. The van der Waals surface area contributed by atoms with Crippen molar-refractivity contribution in [2.24, 2.45) is 11.8 Å². The van der Waals surface area contributed by atoms with Gasteiger partial charge in [-0.1, -0.05) is 31.2 Å². The molecule has 0 amide bonds. The van der Waals surface area contributed by atoms with Gasteiger partial charge in [0.2, 0.25) is 0 Å². The van der Waals surface area contributed by atoms with Crippen LogP contribution in [-0.2, 0) is 6.42 Å². The van der Waals surface area contributed by atoms with Crippen LogP contribution in [0, 0.1) is 23.7 Å². The number of fused-ring (bicyclic) bond motifs is 3. The van der Waals surface area contributed by atoms with E-state index in [1.54, 1.807) is 11.1 Å². The molecule has 2 aliphatic rings. The Balaban J connectivity index is 1.73. The van der Waals surface area contributed by atoms with Gasteiger partial charge >= 0.3 is 0 Å². The predicted octanol–water partition coefficient (Wildman–Crippen LogP) is 3.74. The first-order valence-electron chi connectivity index (χ1n) is 8.07. The molecule has 0 heterocycles. The minimum absolute atomic E-state index is 0.655. The number of hydrogen-bond donors (Lipinski definition) is 1. The molecule has 1 aromatic carbocycles. The van der Waals surface area contributed by atoms with Gasteiger partial charge in [0, 0.05) is 12.5 Å². The van der Waals surface area contributed by atoms with E-state index in [-0.39, 0.29) is 0 Å². The Labute approximate surface area is 123 Å². The van der Waals surface area contributed by atoms with E-state index in [0.29, 0.717) is 6.04 Å². The highest BCUT2D eigenvalue weighted by Crippen LogP contribution is 2.61. The zero-order valence-corrected chi connectivity index (χ0v) is 12.7. The molecule has 0 radical (unpaired) electrons. The number of hydrogen-bond acceptors (Lipinski definition) is 1. The fourth-order valence-electron chi connectivity index (χ4n) is 4.21. The molecule has 0 bridgehead atoms. The van der Waals surface area contributed by atoms with Gasteiger partial charge in [0.25, 0.3) is 0 Å². The lowest BCUT2D eigenvalue weighted by molar-refractivity contribution is 0.423. The van der Waals surface area contributed by atoms with Crippen LogP contribution in [-0.4, -0.2) is 12.6 Å². The summed E-state index contributed by atoms with van der Waals surface area (Å²) in [5.74, 6) is 8.84. The molecule has 1 fully saturated rings. The van der Waals surface area contributed by atoms with E-state index in [1.165, 1.54) is 19.3 Å². The van der Waals surface area contributed by atoms with E-state index in [9.17, 15) is 0 Å². The quantitative estimate of drug-likeness (QED) is 0.801. The van der Waals surface area contributed by atoms with Gasteiger partial charge in [-0.3, -0.25) is 0 Å². The maximum Gasteiger partial charge on any atom is 0.0113 e. The molecule has 4 unspecified atom stereocenters. The molecule has 3 rings (SSSR count). The Morgan fingerprint density at radius 2 is 2.20 bits per heavy atom. The Morgan fingerprint density at radius 3 is 3.00 bits per heavy atom. The van der Waals surface area contributed by atoms with Gasteiger partial charge in [0.05, 0.1) is 0 Å². The van der Waals surface area contributed by atoms with Gasteiger partial charge in [-0.25, -0.2) is 0 Å². The van der Waals surface area contributed by atoms with E-state index in [4.69, 9.17) is 0 Å². The molecule has 1 N–H and O–H groups in total. The third-order valence-corrected chi connectivity index (χ3v) is 5.08. The predicted molar refractivity (Wildman–Crippen MR) is 84.6 cm³/mol. The highest BCUT2D eigenvalue weighted by molar-refractivity contribution is 5.40. The van der Waals surface area contributed by atoms with E-state index in [1.807, 2.05) is 6.92 Å². The van der Waals surface area contributed by atoms with Crippen molar-refractivity contribution in [3.05, 3.63) is 35.4 Å². The van der Waals surface area contributed by atoms with Gasteiger partial charge in [-0.15, -0.1) is 11.8 Å². The number of aryl methyl sites for hydroxylation is 1. The zero-order valence-electron chi connectivity index (χ0n) is 12.7. The van der Waals surface area contributed by atoms with Crippen molar-refractivity contribution < 1.29 is 0 Å². The molecule has 106 valence electrons.